The van der Waals surface area contributed by atoms with Crippen molar-refractivity contribution in [2.45, 2.75) is 31.8 Å². The fourth-order valence-corrected chi connectivity index (χ4v) is 4.92. The van der Waals surface area contributed by atoms with Crippen LogP contribution in [0, 0.1) is 5.82 Å². The third kappa shape index (κ3) is 5.35. The zero-order valence-electron chi connectivity index (χ0n) is 20.9. The van der Waals surface area contributed by atoms with Crippen LogP contribution in [-0.4, -0.2) is 40.6 Å². The Bertz CT molecular complexity index is 1410. The molecule has 190 valence electrons. The maximum Gasteiger partial charge on any atom is 0.223 e. The van der Waals surface area contributed by atoms with Crippen molar-refractivity contribution >= 4 is 16.9 Å². The highest BCUT2D eigenvalue weighted by Crippen LogP contribution is 2.32. The molecule has 1 atom stereocenters. The van der Waals surface area contributed by atoms with Crippen molar-refractivity contribution in [2.75, 3.05) is 20.3 Å². The van der Waals surface area contributed by atoms with Gasteiger partial charge >= 0.3 is 0 Å². The first kappa shape index (κ1) is 24.6. The number of carbonyl (C=O) groups excluding carboxylic acids is 1. The number of fused-ring (bicyclic) bond motifs is 1. The van der Waals surface area contributed by atoms with Crippen LogP contribution in [0.15, 0.2) is 79.4 Å². The lowest BCUT2D eigenvalue weighted by atomic mass is 10.1. The van der Waals surface area contributed by atoms with E-state index >= 15 is 0 Å². The maximum atomic E-state index is 13.3. The molecule has 0 aliphatic carbocycles. The number of hydrogen-bond acceptors (Lipinski definition) is 4. The van der Waals surface area contributed by atoms with Crippen LogP contribution >= 0.6 is 0 Å². The summed E-state index contributed by atoms with van der Waals surface area (Å²) in [6, 6.07) is 20.2. The highest BCUT2D eigenvalue weighted by Gasteiger charge is 2.34. The summed E-state index contributed by atoms with van der Waals surface area (Å²) in [5.74, 6) is 2.01. The maximum absolute atomic E-state index is 13.3. The van der Waals surface area contributed by atoms with Crippen LogP contribution in [0.3, 0.4) is 0 Å². The smallest absolute Gasteiger partial charge is 0.223 e. The number of aromatic nitrogens is 2. The number of allylic oxidation sites excluding steroid dienone is 1. The molecule has 5 rings (SSSR count). The Morgan fingerprint density at radius 2 is 1.86 bits per heavy atom. The zero-order valence-corrected chi connectivity index (χ0v) is 20.9. The number of carbonyl (C=O) groups is 1. The van der Waals surface area contributed by atoms with Gasteiger partial charge in [0.2, 0.25) is 5.91 Å². The van der Waals surface area contributed by atoms with Crippen molar-refractivity contribution in [3.8, 4) is 11.5 Å². The molecule has 1 aliphatic heterocycles. The lowest BCUT2D eigenvalue weighted by molar-refractivity contribution is -0.128. The predicted molar refractivity (Wildman–Crippen MR) is 141 cm³/mol. The summed E-state index contributed by atoms with van der Waals surface area (Å²) in [5, 5.41) is 0. The molecule has 0 bridgehead atoms. The topological polar surface area (TPSA) is 56.6 Å². The van der Waals surface area contributed by atoms with E-state index in [-0.39, 0.29) is 17.6 Å². The number of nitrogens with zero attached hydrogens (tertiary/aromatic N) is 3. The Hall–Kier alpha value is -4.13. The van der Waals surface area contributed by atoms with E-state index in [1.807, 2.05) is 53.4 Å². The van der Waals surface area contributed by atoms with Gasteiger partial charge in [-0.25, -0.2) is 9.37 Å². The van der Waals surface area contributed by atoms with E-state index in [0.717, 1.165) is 34.4 Å². The van der Waals surface area contributed by atoms with Crippen LogP contribution in [0.5, 0.6) is 11.5 Å². The van der Waals surface area contributed by atoms with Crippen molar-refractivity contribution in [3.05, 3.63) is 102 Å². The molecule has 1 aromatic heterocycles. The molecule has 0 saturated carbocycles. The number of benzene rings is 3. The fraction of sp³-hybridized carbons (Fsp3) is 0.267. The molecular weight excluding hydrogens is 469 g/mol. The SMILES string of the molecule is C=CCc1ccc(OCCn2c([C@H]3CC(=O)N(Cc4ccc(F)cc4)C3)nc3ccccc32)c(OC)c1. The Kier molecular flexibility index (Phi) is 7.21. The average Bonchev–Trinajstić information content (AvgIpc) is 3.46. The third-order valence-electron chi connectivity index (χ3n) is 6.73. The Morgan fingerprint density at radius 3 is 2.65 bits per heavy atom. The summed E-state index contributed by atoms with van der Waals surface area (Å²) in [7, 11) is 1.64. The minimum absolute atomic E-state index is 0.0342. The molecule has 2 heterocycles. The Balaban J connectivity index is 1.33. The van der Waals surface area contributed by atoms with Crippen molar-refractivity contribution < 1.29 is 18.7 Å². The van der Waals surface area contributed by atoms with Gasteiger partial charge in [-0.3, -0.25) is 4.79 Å². The molecule has 1 fully saturated rings. The minimum atomic E-state index is -0.282. The number of amides is 1. The van der Waals surface area contributed by atoms with Crippen molar-refractivity contribution in [1.82, 2.24) is 14.5 Å². The number of hydrogen-bond donors (Lipinski definition) is 0. The van der Waals surface area contributed by atoms with Crippen LogP contribution < -0.4 is 9.47 Å². The van der Waals surface area contributed by atoms with Gasteiger partial charge in [0, 0.05) is 25.4 Å². The lowest BCUT2D eigenvalue weighted by Gasteiger charge is -2.18. The highest BCUT2D eigenvalue weighted by molar-refractivity contribution is 5.81. The molecule has 0 spiro atoms. The number of para-hydroxylation sites is 2. The second-order valence-corrected chi connectivity index (χ2v) is 9.24. The van der Waals surface area contributed by atoms with Gasteiger partial charge in [0.05, 0.1) is 24.7 Å². The van der Waals surface area contributed by atoms with Gasteiger partial charge in [0.1, 0.15) is 18.2 Å². The van der Waals surface area contributed by atoms with Crippen LogP contribution in [0.4, 0.5) is 4.39 Å². The number of halogens is 1. The van der Waals surface area contributed by atoms with Crippen LogP contribution in [0.2, 0.25) is 0 Å². The van der Waals surface area contributed by atoms with E-state index in [0.29, 0.717) is 44.2 Å². The van der Waals surface area contributed by atoms with Crippen LogP contribution in [-0.2, 0) is 24.3 Å². The largest absolute Gasteiger partial charge is 0.493 e. The van der Waals surface area contributed by atoms with Crippen LogP contribution in [0.25, 0.3) is 11.0 Å². The second-order valence-electron chi connectivity index (χ2n) is 9.24. The molecule has 37 heavy (non-hydrogen) atoms. The lowest BCUT2D eigenvalue weighted by Crippen LogP contribution is -2.24. The molecular formula is C30H30FN3O3. The van der Waals surface area contributed by atoms with Crippen molar-refractivity contribution in [2.24, 2.45) is 0 Å². The molecule has 0 N–H and O–H groups in total. The first-order valence-electron chi connectivity index (χ1n) is 12.4. The normalized spacial score (nSPS) is 15.4. The highest BCUT2D eigenvalue weighted by atomic mass is 19.1. The summed E-state index contributed by atoms with van der Waals surface area (Å²) in [5.41, 5.74) is 3.93. The molecule has 1 amide bonds. The summed E-state index contributed by atoms with van der Waals surface area (Å²) in [4.78, 5) is 19.6. The van der Waals surface area contributed by atoms with E-state index < -0.39 is 0 Å². The summed E-state index contributed by atoms with van der Waals surface area (Å²) in [6.07, 6.45) is 3.01. The van der Waals surface area contributed by atoms with Crippen molar-refractivity contribution in [3.63, 3.8) is 0 Å². The number of likely N-dealkylation sites (tertiary alicyclic amines) is 1. The predicted octanol–water partition coefficient (Wildman–Crippen LogP) is 5.51. The Labute approximate surface area is 215 Å². The molecule has 3 aromatic carbocycles. The molecule has 1 saturated heterocycles. The minimum Gasteiger partial charge on any atom is -0.493 e. The van der Waals surface area contributed by atoms with E-state index in [1.165, 1.54) is 12.1 Å². The molecule has 1 aliphatic rings. The summed E-state index contributed by atoms with van der Waals surface area (Å²) in [6.45, 7) is 5.82. The number of methoxy groups -OCH3 is 1. The monoisotopic (exact) mass is 499 g/mol. The van der Waals surface area contributed by atoms with E-state index in [1.54, 1.807) is 19.2 Å². The Morgan fingerprint density at radius 1 is 1.08 bits per heavy atom. The number of ether oxygens (including phenoxy) is 2. The first-order chi connectivity index (χ1) is 18.1. The van der Waals surface area contributed by atoms with E-state index in [9.17, 15) is 9.18 Å². The zero-order chi connectivity index (χ0) is 25.8. The number of imidazole rings is 1. The molecule has 6 nitrogen and oxygen atoms in total. The van der Waals surface area contributed by atoms with Crippen LogP contribution in [0.1, 0.15) is 29.3 Å². The molecule has 7 heteroatoms. The summed E-state index contributed by atoms with van der Waals surface area (Å²) < 4.78 is 27.1. The van der Waals surface area contributed by atoms with E-state index in [2.05, 4.69) is 11.1 Å². The van der Waals surface area contributed by atoms with Gasteiger partial charge in [-0.15, -0.1) is 6.58 Å². The van der Waals surface area contributed by atoms with Crippen molar-refractivity contribution in [1.29, 1.82) is 0 Å². The average molecular weight is 500 g/mol. The second kappa shape index (κ2) is 10.9. The standard InChI is InChI=1S/C30H30FN3O3/c1-3-6-21-11-14-27(28(17-21)36-2)37-16-15-34-26-8-5-4-7-25(26)32-30(34)23-18-29(35)33(20-23)19-22-9-12-24(31)13-10-22/h3-5,7-14,17,23H,1,6,15-16,18-20H2,2H3/t23-/m0/s1. The van der Waals surface area contributed by atoms with Gasteiger partial charge in [0.25, 0.3) is 0 Å². The summed E-state index contributed by atoms with van der Waals surface area (Å²) >= 11 is 0. The van der Waals surface area contributed by atoms with Gasteiger partial charge in [-0.2, -0.15) is 0 Å². The molecule has 0 radical (unpaired) electrons. The molecule has 4 aromatic rings. The quantitative estimate of drug-likeness (QED) is 0.270. The molecule has 0 unspecified atom stereocenters. The fourth-order valence-electron chi connectivity index (χ4n) is 4.92. The van der Waals surface area contributed by atoms with Gasteiger partial charge in [-0.1, -0.05) is 36.4 Å². The third-order valence-corrected chi connectivity index (χ3v) is 6.73. The first-order valence-corrected chi connectivity index (χ1v) is 12.4. The van der Waals surface area contributed by atoms with Gasteiger partial charge < -0.3 is 18.9 Å². The van der Waals surface area contributed by atoms with Gasteiger partial charge in [-0.05, 0) is 53.9 Å². The number of rotatable bonds is 10. The van der Waals surface area contributed by atoms with Gasteiger partial charge in [0.15, 0.2) is 11.5 Å². The van der Waals surface area contributed by atoms with E-state index in [4.69, 9.17) is 14.5 Å².